The maximum absolute atomic E-state index is 13.4. The second-order valence-corrected chi connectivity index (χ2v) is 6.84. The molecule has 0 bridgehead atoms. The SMILES string of the molecule is CCN(Cc1cccc(F)c1)C(=O)Cn1c(SC(F)F)nc2ccccc21. The molecular weight excluding hydrogens is 375 g/mol. The zero-order chi connectivity index (χ0) is 19.4. The van der Waals surface area contributed by atoms with Crippen LogP contribution in [0.1, 0.15) is 12.5 Å². The van der Waals surface area contributed by atoms with Crippen molar-refractivity contribution in [1.29, 1.82) is 0 Å². The summed E-state index contributed by atoms with van der Waals surface area (Å²) < 4.78 is 40.7. The molecular formula is C19H18F3N3OS. The molecule has 0 aliphatic heterocycles. The van der Waals surface area contributed by atoms with E-state index in [1.165, 1.54) is 16.7 Å². The molecule has 0 atom stereocenters. The number of likely N-dealkylation sites (N-methyl/N-ethyl adjacent to an activating group) is 1. The van der Waals surface area contributed by atoms with Gasteiger partial charge in [0.2, 0.25) is 5.91 Å². The van der Waals surface area contributed by atoms with Gasteiger partial charge in [-0.15, -0.1) is 0 Å². The van der Waals surface area contributed by atoms with Crippen LogP contribution in [0.2, 0.25) is 0 Å². The van der Waals surface area contributed by atoms with Crippen LogP contribution >= 0.6 is 11.8 Å². The Hall–Kier alpha value is -2.48. The third-order valence-corrected chi connectivity index (χ3v) is 4.80. The predicted molar refractivity (Wildman–Crippen MR) is 99.1 cm³/mol. The highest BCUT2D eigenvalue weighted by Gasteiger charge is 2.20. The Kier molecular flexibility index (Phi) is 6.05. The summed E-state index contributed by atoms with van der Waals surface area (Å²) in [6.07, 6.45) is 0. The Labute approximate surface area is 159 Å². The van der Waals surface area contributed by atoms with E-state index in [1.54, 1.807) is 41.3 Å². The lowest BCUT2D eigenvalue weighted by Gasteiger charge is -2.22. The van der Waals surface area contributed by atoms with Crippen molar-refractivity contribution in [3.8, 4) is 0 Å². The summed E-state index contributed by atoms with van der Waals surface area (Å²) in [5.41, 5.74) is 1.85. The normalized spacial score (nSPS) is 11.3. The number of hydrogen-bond donors (Lipinski definition) is 0. The summed E-state index contributed by atoms with van der Waals surface area (Å²) in [5.74, 6) is -3.25. The molecule has 8 heteroatoms. The zero-order valence-electron chi connectivity index (χ0n) is 14.6. The standard InChI is InChI=1S/C19H18F3N3OS/c1-2-24(11-13-6-5-7-14(20)10-13)17(26)12-25-16-9-4-3-8-15(16)23-19(25)27-18(21)22/h3-10,18H,2,11-12H2,1H3. The minimum absolute atomic E-state index is 0.0985. The van der Waals surface area contributed by atoms with Gasteiger partial charge >= 0.3 is 0 Å². The quantitative estimate of drug-likeness (QED) is 0.553. The van der Waals surface area contributed by atoms with E-state index < -0.39 is 5.76 Å². The highest BCUT2D eigenvalue weighted by atomic mass is 32.2. The monoisotopic (exact) mass is 393 g/mol. The van der Waals surface area contributed by atoms with Crippen LogP contribution in [-0.2, 0) is 17.9 Å². The van der Waals surface area contributed by atoms with Gasteiger partial charge in [0.05, 0.1) is 11.0 Å². The molecule has 4 nitrogen and oxygen atoms in total. The first-order chi connectivity index (χ1) is 13.0. The van der Waals surface area contributed by atoms with Crippen LogP contribution in [-0.4, -0.2) is 32.7 Å². The van der Waals surface area contributed by atoms with E-state index in [-0.39, 0.29) is 30.0 Å². The lowest BCUT2D eigenvalue weighted by atomic mass is 10.2. The van der Waals surface area contributed by atoms with Crippen LogP contribution < -0.4 is 0 Å². The van der Waals surface area contributed by atoms with E-state index in [0.29, 0.717) is 34.9 Å². The van der Waals surface area contributed by atoms with E-state index in [0.717, 1.165) is 0 Å². The summed E-state index contributed by atoms with van der Waals surface area (Å²) in [6.45, 7) is 2.37. The minimum atomic E-state index is -2.63. The second kappa shape index (κ2) is 8.47. The highest BCUT2D eigenvalue weighted by Crippen LogP contribution is 2.28. The first-order valence-corrected chi connectivity index (χ1v) is 9.28. The summed E-state index contributed by atoms with van der Waals surface area (Å²) in [7, 11) is 0. The molecule has 0 aliphatic carbocycles. The van der Waals surface area contributed by atoms with Crippen LogP contribution in [0.3, 0.4) is 0 Å². The number of halogens is 3. The number of amides is 1. The van der Waals surface area contributed by atoms with Crippen molar-refractivity contribution in [3.63, 3.8) is 0 Å². The molecule has 3 rings (SSSR count). The van der Waals surface area contributed by atoms with Gasteiger partial charge in [-0.3, -0.25) is 4.79 Å². The molecule has 1 aromatic heterocycles. The van der Waals surface area contributed by atoms with Gasteiger partial charge in [0.15, 0.2) is 5.16 Å². The number of rotatable bonds is 7. The Morgan fingerprint density at radius 1 is 1.22 bits per heavy atom. The molecule has 0 unspecified atom stereocenters. The van der Waals surface area contributed by atoms with E-state index in [1.807, 2.05) is 6.92 Å². The van der Waals surface area contributed by atoms with Crippen LogP contribution in [0.5, 0.6) is 0 Å². The van der Waals surface area contributed by atoms with Gasteiger partial charge in [-0.05, 0) is 48.5 Å². The number of thioether (sulfide) groups is 1. The summed E-state index contributed by atoms with van der Waals surface area (Å²) in [6, 6.07) is 13.0. The number of alkyl halides is 2. The average molecular weight is 393 g/mol. The van der Waals surface area contributed by atoms with Crippen molar-refractivity contribution in [1.82, 2.24) is 14.5 Å². The van der Waals surface area contributed by atoms with Crippen molar-refractivity contribution in [2.45, 2.75) is 30.9 Å². The predicted octanol–water partition coefficient (Wildman–Crippen LogP) is 4.54. The Morgan fingerprint density at radius 2 is 2.00 bits per heavy atom. The van der Waals surface area contributed by atoms with Gasteiger partial charge in [-0.2, -0.15) is 8.78 Å². The molecule has 0 saturated carbocycles. The molecule has 0 saturated heterocycles. The highest BCUT2D eigenvalue weighted by molar-refractivity contribution is 7.99. The molecule has 27 heavy (non-hydrogen) atoms. The van der Waals surface area contributed by atoms with Crippen molar-refractivity contribution < 1.29 is 18.0 Å². The fraction of sp³-hybridized carbons (Fsp3) is 0.263. The summed E-state index contributed by atoms with van der Waals surface area (Å²) in [5, 5.41) is 0.0985. The molecule has 0 radical (unpaired) electrons. The number of hydrogen-bond acceptors (Lipinski definition) is 3. The number of benzene rings is 2. The topological polar surface area (TPSA) is 38.1 Å². The van der Waals surface area contributed by atoms with Crippen LogP contribution in [0.25, 0.3) is 11.0 Å². The number of aromatic nitrogens is 2. The van der Waals surface area contributed by atoms with Crippen molar-refractivity contribution >= 4 is 28.7 Å². The molecule has 3 aromatic rings. The average Bonchev–Trinajstić information content (AvgIpc) is 2.96. The van der Waals surface area contributed by atoms with Gasteiger partial charge < -0.3 is 9.47 Å². The van der Waals surface area contributed by atoms with Crippen molar-refractivity contribution in [2.75, 3.05) is 6.54 Å². The number of carbonyl (C=O) groups excluding carboxylic acids is 1. The van der Waals surface area contributed by atoms with Gasteiger partial charge in [-0.25, -0.2) is 9.37 Å². The Morgan fingerprint density at radius 3 is 2.70 bits per heavy atom. The molecule has 142 valence electrons. The smallest absolute Gasteiger partial charge is 0.291 e. The first-order valence-electron chi connectivity index (χ1n) is 8.40. The fourth-order valence-electron chi connectivity index (χ4n) is 2.84. The van der Waals surface area contributed by atoms with E-state index >= 15 is 0 Å². The Balaban J connectivity index is 1.85. The number of carbonyl (C=O) groups is 1. The fourth-order valence-corrected chi connectivity index (χ4v) is 3.44. The maximum Gasteiger partial charge on any atom is 0.291 e. The number of fused-ring (bicyclic) bond motifs is 1. The number of imidazole rings is 1. The van der Waals surface area contributed by atoms with Crippen LogP contribution in [0.4, 0.5) is 13.2 Å². The van der Waals surface area contributed by atoms with Crippen molar-refractivity contribution in [2.24, 2.45) is 0 Å². The Bertz CT molecular complexity index is 945. The minimum Gasteiger partial charge on any atom is -0.337 e. The van der Waals surface area contributed by atoms with Gasteiger partial charge in [0.25, 0.3) is 5.76 Å². The molecule has 0 aliphatic rings. The van der Waals surface area contributed by atoms with Crippen LogP contribution in [0.15, 0.2) is 53.7 Å². The van der Waals surface area contributed by atoms with Crippen LogP contribution in [0, 0.1) is 5.82 Å². The second-order valence-electron chi connectivity index (χ2n) is 5.89. The van der Waals surface area contributed by atoms with E-state index in [4.69, 9.17) is 0 Å². The molecule has 0 fully saturated rings. The third kappa shape index (κ3) is 4.63. The van der Waals surface area contributed by atoms with Gasteiger partial charge in [0.1, 0.15) is 12.4 Å². The number of nitrogens with zero attached hydrogens (tertiary/aromatic N) is 3. The lowest BCUT2D eigenvalue weighted by molar-refractivity contribution is -0.132. The lowest BCUT2D eigenvalue weighted by Crippen LogP contribution is -2.33. The number of para-hydroxylation sites is 2. The molecule has 2 aromatic carbocycles. The largest absolute Gasteiger partial charge is 0.337 e. The van der Waals surface area contributed by atoms with Gasteiger partial charge in [0, 0.05) is 13.1 Å². The molecule has 1 amide bonds. The molecule has 0 N–H and O–H groups in total. The van der Waals surface area contributed by atoms with E-state index in [9.17, 15) is 18.0 Å². The summed E-state index contributed by atoms with van der Waals surface area (Å²) in [4.78, 5) is 18.6. The van der Waals surface area contributed by atoms with Crippen molar-refractivity contribution in [3.05, 3.63) is 59.9 Å². The third-order valence-electron chi connectivity index (χ3n) is 4.10. The zero-order valence-corrected chi connectivity index (χ0v) is 15.4. The van der Waals surface area contributed by atoms with Gasteiger partial charge in [-0.1, -0.05) is 24.3 Å². The maximum atomic E-state index is 13.4. The molecule has 0 spiro atoms. The first kappa shape index (κ1) is 19.3. The molecule has 1 heterocycles. The summed E-state index contributed by atoms with van der Waals surface area (Å²) >= 11 is 0.316. The van der Waals surface area contributed by atoms with E-state index in [2.05, 4.69) is 4.98 Å².